The van der Waals surface area contributed by atoms with Gasteiger partial charge in [-0.05, 0) is 40.4 Å². The third-order valence-electron chi connectivity index (χ3n) is 3.02. The lowest BCUT2D eigenvalue weighted by atomic mass is 10.0. The zero-order valence-electron chi connectivity index (χ0n) is 11.1. The molecule has 0 heterocycles. The molecule has 114 valence electrons. The van der Waals surface area contributed by atoms with E-state index in [9.17, 15) is 12.8 Å². The molecule has 0 saturated heterocycles. The van der Waals surface area contributed by atoms with Gasteiger partial charge in [-0.15, -0.1) is 0 Å². The minimum Gasteiger partial charge on any atom is -0.398 e. The molecular weight excluding hydrogens is 351 g/mol. The SMILES string of the molecule is CCC(CCO)CNS(=O)(=O)c1cc(N)c(Br)cc1F. The van der Waals surface area contributed by atoms with E-state index in [-0.39, 0.29) is 24.8 Å². The first kappa shape index (κ1) is 17.4. The van der Waals surface area contributed by atoms with Gasteiger partial charge < -0.3 is 10.8 Å². The molecule has 1 unspecified atom stereocenters. The van der Waals surface area contributed by atoms with Crippen LogP contribution in [0.15, 0.2) is 21.5 Å². The molecule has 1 atom stereocenters. The number of halogens is 2. The second-order valence-electron chi connectivity index (χ2n) is 4.44. The van der Waals surface area contributed by atoms with Crippen LogP contribution in [0, 0.1) is 11.7 Å². The van der Waals surface area contributed by atoms with Crippen LogP contribution in [0.5, 0.6) is 0 Å². The summed E-state index contributed by atoms with van der Waals surface area (Å²) in [7, 11) is -3.96. The third kappa shape index (κ3) is 4.41. The van der Waals surface area contributed by atoms with Crippen molar-refractivity contribution >= 4 is 31.6 Å². The molecule has 0 fully saturated rings. The van der Waals surface area contributed by atoms with Gasteiger partial charge in [0.15, 0.2) is 0 Å². The normalized spacial score (nSPS) is 13.4. The number of aliphatic hydroxyl groups is 1. The first-order valence-electron chi connectivity index (χ1n) is 6.16. The van der Waals surface area contributed by atoms with Crippen molar-refractivity contribution in [1.82, 2.24) is 4.72 Å². The molecule has 0 amide bonds. The van der Waals surface area contributed by atoms with E-state index in [0.717, 1.165) is 12.1 Å². The Hall–Kier alpha value is -0.700. The summed E-state index contributed by atoms with van der Waals surface area (Å²) in [6.07, 6.45) is 1.21. The first-order chi connectivity index (χ1) is 9.31. The molecule has 0 aliphatic carbocycles. The minimum atomic E-state index is -3.96. The van der Waals surface area contributed by atoms with Crippen molar-refractivity contribution in [2.45, 2.75) is 24.7 Å². The Bertz CT molecular complexity index is 566. The van der Waals surface area contributed by atoms with Crippen molar-refractivity contribution in [2.75, 3.05) is 18.9 Å². The summed E-state index contributed by atoms with van der Waals surface area (Å²) in [4.78, 5) is -0.475. The number of nitrogen functional groups attached to an aromatic ring is 1. The van der Waals surface area contributed by atoms with Gasteiger partial charge in [-0.3, -0.25) is 0 Å². The molecule has 0 aromatic heterocycles. The fraction of sp³-hybridized carbons (Fsp3) is 0.500. The molecule has 8 heteroatoms. The summed E-state index contributed by atoms with van der Waals surface area (Å²) < 4.78 is 40.5. The summed E-state index contributed by atoms with van der Waals surface area (Å²) in [6.45, 7) is 2.03. The largest absolute Gasteiger partial charge is 0.398 e. The summed E-state index contributed by atoms with van der Waals surface area (Å²) >= 11 is 3.03. The quantitative estimate of drug-likeness (QED) is 0.640. The molecule has 0 spiro atoms. The number of benzene rings is 1. The van der Waals surface area contributed by atoms with E-state index in [1.807, 2.05) is 6.92 Å². The fourth-order valence-corrected chi connectivity index (χ4v) is 3.21. The standard InChI is InChI=1S/C12H18BrFN2O3S/c1-2-8(3-4-17)7-16-20(18,19)12-6-11(15)9(13)5-10(12)14/h5-6,8,16-17H,2-4,7,15H2,1H3. The molecule has 1 aromatic rings. The van der Waals surface area contributed by atoms with Crippen LogP contribution in [0.2, 0.25) is 0 Å². The number of sulfonamides is 1. The fourth-order valence-electron chi connectivity index (χ4n) is 1.69. The number of anilines is 1. The van der Waals surface area contributed by atoms with Crippen molar-refractivity contribution in [3.8, 4) is 0 Å². The van der Waals surface area contributed by atoms with E-state index < -0.39 is 20.7 Å². The van der Waals surface area contributed by atoms with Gasteiger partial charge in [-0.2, -0.15) is 0 Å². The van der Waals surface area contributed by atoms with Crippen LogP contribution in [-0.4, -0.2) is 26.7 Å². The lowest BCUT2D eigenvalue weighted by Crippen LogP contribution is -2.30. The Kier molecular flexibility index (Phi) is 6.38. The zero-order chi connectivity index (χ0) is 15.3. The molecule has 0 aliphatic rings. The molecule has 0 saturated carbocycles. The van der Waals surface area contributed by atoms with Gasteiger partial charge in [-0.25, -0.2) is 17.5 Å². The number of hydrogen-bond donors (Lipinski definition) is 3. The lowest BCUT2D eigenvalue weighted by Gasteiger charge is -2.15. The van der Waals surface area contributed by atoms with E-state index in [4.69, 9.17) is 10.8 Å². The molecule has 0 aliphatic heterocycles. The van der Waals surface area contributed by atoms with Crippen LogP contribution in [-0.2, 0) is 10.0 Å². The van der Waals surface area contributed by atoms with Crippen LogP contribution < -0.4 is 10.5 Å². The Morgan fingerprint density at radius 2 is 2.15 bits per heavy atom. The Morgan fingerprint density at radius 1 is 1.50 bits per heavy atom. The number of nitrogens with one attached hydrogen (secondary N) is 1. The van der Waals surface area contributed by atoms with E-state index in [0.29, 0.717) is 17.3 Å². The van der Waals surface area contributed by atoms with Crippen LogP contribution in [0.4, 0.5) is 10.1 Å². The number of rotatable bonds is 7. The maximum Gasteiger partial charge on any atom is 0.243 e. The first-order valence-corrected chi connectivity index (χ1v) is 8.44. The molecule has 1 rings (SSSR count). The molecule has 5 nitrogen and oxygen atoms in total. The predicted octanol–water partition coefficient (Wildman–Crippen LogP) is 1.86. The number of hydrogen-bond acceptors (Lipinski definition) is 4. The number of aliphatic hydroxyl groups excluding tert-OH is 1. The molecule has 0 radical (unpaired) electrons. The number of nitrogens with two attached hydrogens (primary N) is 1. The summed E-state index contributed by atoms with van der Waals surface area (Å²) in [5, 5.41) is 8.87. The van der Waals surface area contributed by atoms with Crippen LogP contribution >= 0.6 is 15.9 Å². The van der Waals surface area contributed by atoms with Gasteiger partial charge in [-0.1, -0.05) is 13.3 Å². The molecule has 20 heavy (non-hydrogen) atoms. The van der Waals surface area contributed by atoms with Gasteiger partial charge in [0.05, 0.1) is 0 Å². The summed E-state index contributed by atoms with van der Waals surface area (Å²) in [5.74, 6) is -0.862. The maximum absolute atomic E-state index is 13.7. The van der Waals surface area contributed by atoms with Gasteiger partial charge in [0.2, 0.25) is 10.0 Å². The summed E-state index contributed by atoms with van der Waals surface area (Å²) in [5.41, 5.74) is 5.72. The highest BCUT2D eigenvalue weighted by atomic mass is 79.9. The predicted molar refractivity (Wildman–Crippen MR) is 79.2 cm³/mol. The topological polar surface area (TPSA) is 92.4 Å². The molecule has 0 bridgehead atoms. The highest BCUT2D eigenvalue weighted by molar-refractivity contribution is 9.10. The van der Waals surface area contributed by atoms with Crippen molar-refractivity contribution in [3.05, 3.63) is 22.4 Å². The Balaban J connectivity index is 2.92. The average molecular weight is 369 g/mol. The van der Waals surface area contributed by atoms with E-state index in [1.165, 1.54) is 0 Å². The Labute approximate surface area is 126 Å². The molecule has 1 aromatic carbocycles. The van der Waals surface area contributed by atoms with Crippen molar-refractivity contribution in [2.24, 2.45) is 5.92 Å². The zero-order valence-corrected chi connectivity index (χ0v) is 13.5. The second kappa shape index (κ2) is 7.35. The molecule has 4 N–H and O–H groups in total. The highest BCUT2D eigenvalue weighted by Gasteiger charge is 2.21. The lowest BCUT2D eigenvalue weighted by molar-refractivity contribution is 0.254. The van der Waals surface area contributed by atoms with Crippen LogP contribution in [0.3, 0.4) is 0 Å². The van der Waals surface area contributed by atoms with Gasteiger partial charge in [0.1, 0.15) is 10.7 Å². The van der Waals surface area contributed by atoms with Crippen molar-refractivity contribution in [1.29, 1.82) is 0 Å². The van der Waals surface area contributed by atoms with E-state index >= 15 is 0 Å². The third-order valence-corrected chi connectivity index (χ3v) is 5.14. The van der Waals surface area contributed by atoms with E-state index in [2.05, 4.69) is 20.7 Å². The Morgan fingerprint density at radius 3 is 2.70 bits per heavy atom. The van der Waals surface area contributed by atoms with Crippen LogP contribution in [0.1, 0.15) is 19.8 Å². The minimum absolute atomic E-state index is 0.00521. The van der Waals surface area contributed by atoms with Gasteiger partial charge in [0.25, 0.3) is 0 Å². The average Bonchev–Trinajstić information content (AvgIpc) is 2.38. The van der Waals surface area contributed by atoms with Crippen molar-refractivity contribution < 1.29 is 17.9 Å². The smallest absolute Gasteiger partial charge is 0.243 e. The second-order valence-corrected chi connectivity index (χ2v) is 7.03. The summed E-state index contributed by atoms with van der Waals surface area (Å²) in [6, 6.07) is 2.10. The van der Waals surface area contributed by atoms with E-state index in [1.54, 1.807) is 0 Å². The monoisotopic (exact) mass is 368 g/mol. The van der Waals surface area contributed by atoms with Crippen molar-refractivity contribution in [3.63, 3.8) is 0 Å². The molecular formula is C12H18BrFN2O3S. The highest BCUT2D eigenvalue weighted by Crippen LogP contribution is 2.26. The van der Waals surface area contributed by atoms with Gasteiger partial charge in [0, 0.05) is 23.3 Å². The van der Waals surface area contributed by atoms with Gasteiger partial charge >= 0.3 is 0 Å². The maximum atomic E-state index is 13.7. The van der Waals surface area contributed by atoms with Crippen LogP contribution in [0.25, 0.3) is 0 Å².